The molecule has 0 aliphatic carbocycles. The first-order chi connectivity index (χ1) is 16.0. The number of hydrogen-bond acceptors (Lipinski definition) is 7. The van der Waals surface area contributed by atoms with E-state index in [-0.39, 0.29) is 23.4 Å². The SMILES string of the molecule is CC(C)N1CCOc2c(F)cc(-c3nc(Nc4cc(C5CCNCC5)[nH]n4)ncc3F)cc21. The Kier molecular flexibility index (Phi) is 5.84. The predicted octanol–water partition coefficient (Wildman–Crippen LogP) is 3.96. The minimum atomic E-state index is -0.634. The molecular weight excluding hydrogens is 428 g/mol. The molecule has 174 valence electrons. The number of fused-ring (bicyclic) bond motifs is 1. The van der Waals surface area contributed by atoms with Crippen molar-refractivity contribution in [2.75, 3.05) is 36.5 Å². The third-order valence-electron chi connectivity index (χ3n) is 6.17. The highest BCUT2D eigenvalue weighted by Gasteiger charge is 2.26. The third-order valence-corrected chi connectivity index (χ3v) is 6.17. The Hall–Kier alpha value is -3.27. The summed E-state index contributed by atoms with van der Waals surface area (Å²) < 4.78 is 35.1. The lowest BCUT2D eigenvalue weighted by Gasteiger charge is -2.34. The van der Waals surface area contributed by atoms with Gasteiger partial charge < -0.3 is 20.3 Å². The van der Waals surface area contributed by atoms with Gasteiger partial charge in [-0.25, -0.2) is 18.7 Å². The van der Waals surface area contributed by atoms with Gasteiger partial charge >= 0.3 is 0 Å². The zero-order valence-electron chi connectivity index (χ0n) is 18.7. The van der Waals surface area contributed by atoms with E-state index in [1.807, 2.05) is 24.8 Å². The molecule has 0 radical (unpaired) electrons. The average Bonchev–Trinajstić information content (AvgIpc) is 3.29. The number of anilines is 3. The molecule has 0 amide bonds. The first-order valence-corrected chi connectivity index (χ1v) is 11.3. The molecule has 1 aromatic carbocycles. The van der Waals surface area contributed by atoms with E-state index >= 15 is 0 Å². The molecule has 4 heterocycles. The number of rotatable bonds is 5. The molecule has 1 fully saturated rings. The topological polar surface area (TPSA) is 91.0 Å². The zero-order chi connectivity index (χ0) is 22.9. The van der Waals surface area contributed by atoms with Gasteiger partial charge in [-0.15, -0.1) is 0 Å². The van der Waals surface area contributed by atoms with Crippen molar-refractivity contribution in [3.05, 3.63) is 41.7 Å². The monoisotopic (exact) mass is 455 g/mol. The summed E-state index contributed by atoms with van der Waals surface area (Å²) >= 11 is 0. The highest BCUT2D eigenvalue weighted by Crippen LogP contribution is 2.39. The van der Waals surface area contributed by atoms with Crippen LogP contribution in [0, 0.1) is 11.6 Å². The number of aromatic nitrogens is 4. The van der Waals surface area contributed by atoms with E-state index in [9.17, 15) is 8.78 Å². The number of H-pyrrole nitrogens is 1. The Bertz CT molecular complexity index is 1140. The van der Waals surface area contributed by atoms with E-state index in [0.29, 0.717) is 36.1 Å². The van der Waals surface area contributed by atoms with Crippen molar-refractivity contribution in [3.63, 3.8) is 0 Å². The molecular formula is C23H27F2N7O. The van der Waals surface area contributed by atoms with Crippen LogP contribution in [0.15, 0.2) is 24.4 Å². The second-order valence-corrected chi connectivity index (χ2v) is 8.69. The van der Waals surface area contributed by atoms with Crippen molar-refractivity contribution in [1.82, 2.24) is 25.5 Å². The standard InChI is InChI=1S/C23H27F2N7O/c1-13(2)32-7-8-33-22-16(24)9-15(10-19(22)32)21-17(25)12-27-23(29-21)28-20-11-18(30-31-20)14-3-5-26-6-4-14/h9-14,26H,3-8H2,1-2H3,(H2,27,28,29,30,31). The van der Waals surface area contributed by atoms with Crippen molar-refractivity contribution in [2.24, 2.45) is 0 Å². The van der Waals surface area contributed by atoms with Crippen molar-refractivity contribution in [1.29, 1.82) is 0 Å². The van der Waals surface area contributed by atoms with Gasteiger partial charge in [-0.1, -0.05) is 0 Å². The number of nitrogens with one attached hydrogen (secondary N) is 3. The summed E-state index contributed by atoms with van der Waals surface area (Å²) in [6, 6.07) is 5.04. The molecule has 2 aliphatic heterocycles. The Balaban J connectivity index is 1.43. The largest absolute Gasteiger partial charge is 0.486 e. The highest BCUT2D eigenvalue weighted by atomic mass is 19.1. The molecule has 0 bridgehead atoms. The number of benzene rings is 1. The first kappa shape index (κ1) is 21.6. The van der Waals surface area contributed by atoms with Crippen molar-refractivity contribution in [2.45, 2.75) is 38.6 Å². The van der Waals surface area contributed by atoms with Gasteiger partial charge in [0.2, 0.25) is 5.95 Å². The van der Waals surface area contributed by atoms with Gasteiger partial charge in [0, 0.05) is 29.3 Å². The number of halogens is 2. The molecule has 0 saturated carbocycles. The maximum absolute atomic E-state index is 14.9. The Morgan fingerprint density at radius 1 is 1.15 bits per heavy atom. The molecule has 10 heteroatoms. The van der Waals surface area contributed by atoms with Crippen molar-refractivity contribution < 1.29 is 13.5 Å². The van der Waals surface area contributed by atoms with Crippen LogP contribution in [0.2, 0.25) is 0 Å². The summed E-state index contributed by atoms with van der Waals surface area (Å²) in [5.74, 6) is 0.170. The van der Waals surface area contributed by atoms with Crippen LogP contribution < -0.4 is 20.3 Å². The molecule has 3 aromatic rings. The van der Waals surface area contributed by atoms with Crippen LogP contribution in [0.4, 0.5) is 26.2 Å². The van der Waals surface area contributed by atoms with Gasteiger partial charge in [-0.05, 0) is 51.9 Å². The minimum Gasteiger partial charge on any atom is -0.486 e. The summed E-state index contributed by atoms with van der Waals surface area (Å²) in [5.41, 5.74) is 1.98. The summed E-state index contributed by atoms with van der Waals surface area (Å²) in [6.07, 6.45) is 3.17. The van der Waals surface area contributed by atoms with E-state index in [2.05, 4.69) is 30.8 Å². The summed E-state index contributed by atoms with van der Waals surface area (Å²) in [7, 11) is 0. The molecule has 5 rings (SSSR count). The summed E-state index contributed by atoms with van der Waals surface area (Å²) in [4.78, 5) is 10.4. The lowest BCUT2D eigenvalue weighted by molar-refractivity contribution is 0.287. The van der Waals surface area contributed by atoms with Crippen LogP contribution in [-0.2, 0) is 0 Å². The number of aromatic amines is 1. The van der Waals surface area contributed by atoms with Crippen LogP contribution in [0.3, 0.4) is 0 Å². The second kappa shape index (κ2) is 8.93. The van der Waals surface area contributed by atoms with E-state index in [1.54, 1.807) is 6.07 Å². The number of piperidine rings is 1. The Morgan fingerprint density at radius 3 is 2.76 bits per heavy atom. The third kappa shape index (κ3) is 4.35. The fraction of sp³-hybridized carbons (Fsp3) is 0.435. The molecule has 1 saturated heterocycles. The number of nitrogens with zero attached hydrogens (tertiary/aromatic N) is 4. The van der Waals surface area contributed by atoms with Crippen LogP contribution in [0.25, 0.3) is 11.3 Å². The maximum atomic E-state index is 14.9. The van der Waals surface area contributed by atoms with E-state index in [4.69, 9.17) is 4.74 Å². The van der Waals surface area contributed by atoms with Crippen LogP contribution in [0.5, 0.6) is 5.75 Å². The first-order valence-electron chi connectivity index (χ1n) is 11.3. The fourth-order valence-corrected chi connectivity index (χ4v) is 4.46. The minimum absolute atomic E-state index is 0.0117. The van der Waals surface area contributed by atoms with E-state index in [1.165, 1.54) is 6.07 Å². The Morgan fingerprint density at radius 2 is 1.97 bits per heavy atom. The van der Waals surface area contributed by atoms with Crippen LogP contribution >= 0.6 is 0 Å². The van der Waals surface area contributed by atoms with Crippen molar-refractivity contribution >= 4 is 17.5 Å². The summed E-state index contributed by atoms with van der Waals surface area (Å²) in [5, 5.41) is 13.7. The van der Waals surface area contributed by atoms with Crippen LogP contribution in [-0.4, -0.2) is 52.4 Å². The van der Waals surface area contributed by atoms with Gasteiger partial charge in [0.05, 0.1) is 18.4 Å². The maximum Gasteiger partial charge on any atom is 0.229 e. The zero-order valence-corrected chi connectivity index (χ0v) is 18.7. The van der Waals surface area contributed by atoms with Gasteiger partial charge in [-0.2, -0.15) is 5.10 Å². The smallest absolute Gasteiger partial charge is 0.229 e. The number of ether oxygens (including phenoxy) is 1. The quantitative estimate of drug-likeness (QED) is 0.536. The van der Waals surface area contributed by atoms with E-state index in [0.717, 1.165) is 37.8 Å². The lowest BCUT2D eigenvalue weighted by atomic mass is 9.95. The lowest BCUT2D eigenvalue weighted by Crippen LogP contribution is -2.38. The summed E-state index contributed by atoms with van der Waals surface area (Å²) in [6.45, 7) is 7.04. The predicted molar refractivity (Wildman–Crippen MR) is 122 cm³/mol. The van der Waals surface area contributed by atoms with Crippen molar-refractivity contribution in [3.8, 4) is 17.0 Å². The molecule has 0 atom stereocenters. The molecule has 8 nitrogen and oxygen atoms in total. The number of hydrogen-bond donors (Lipinski definition) is 3. The highest BCUT2D eigenvalue weighted by molar-refractivity contribution is 5.73. The average molecular weight is 456 g/mol. The fourth-order valence-electron chi connectivity index (χ4n) is 4.46. The van der Waals surface area contributed by atoms with E-state index < -0.39 is 11.6 Å². The molecule has 33 heavy (non-hydrogen) atoms. The normalized spacial score (nSPS) is 16.6. The van der Waals surface area contributed by atoms with Gasteiger partial charge in [0.25, 0.3) is 0 Å². The second-order valence-electron chi connectivity index (χ2n) is 8.69. The van der Waals surface area contributed by atoms with Gasteiger partial charge in [-0.3, -0.25) is 5.10 Å². The molecule has 2 aliphatic rings. The Labute approximate surface area is 190 Å². The van der Waals surface area contributed by atoms with Gasteiger partial charge in [0.15, 0.2) is 23.2 Å². The molecule has 3 N–H and O–H groups in total. The molecule has 0 unspecified atom stereocenters. The van der Waals surface area contributed by atoms with Gasteiger partial charge in [0.1, 0.15) is 12.3 Å². The molecule has 0 spiro atoms. The van der Waals surface area contributed by atoms with Crippen LogP contribution in [0.1, 0.15) is 38.3 Å². The molecule has 2 aromatic heterocycles.